The molecule has 3 rings (SSSR count). The van der Waals surface area contributed by atoms with Gasteiger partial charge in [-0.1, -0.05) is 41.4 Å². The number of rotatable bonds is 7. The third-order valence-electron chi connectivity index (χ3n) is 5.62. The Kier molecular flexibility index (Phi) is 9.52. The van der Waals surface area contributed by atoms with Gasteiger partial charge in [0.2, 0.25) is 0 Å². The van der Waals surface area contributed by atoms with Crippen LogP contribution in [-0.2, 0) is 17.7 Å². The average Bonchev–Trinajstić information content (AvgIpc) is 2.80. The van der Waals surface area contributed by atoms with Gasteiger partial charge in [0.25, 0.3) is 0 Å². The molecule has 1 saturated heterocycles. The van der Waals surface area contributed by atoms with Crippen molar-refractivity contribution in [2.45, 2.75) is 58.2 Å². The molecule has 0 unspecified atom stereocenters. The van der Waals surface area contributed by atoms with Crippen LogP contribution in [0.1, 0.15) is 44.7 Å². The minimum atomic E-state index is -0.496. The SMILES string of the molecule is CC(C)(C)OC(=O)NCCc1ccc(NC2CCN(C(=O)NCc3ccc(Cl)c(Cl)c3)CC2)cc1. The van der Waals surface area contributed by atoms with Crippen molar-refractivity contribution in [3.05, 3.63) is 63.6 Å². The molecule has 0 saturated carbocycles. The molecule has 1 heterocycles. The molecule has 1 aliphatic rings. The summed E-state index contributed by atoms with van der Waals surface area (Å²) in [4.78, 5) is 26.1. The van der Waals surface area contributed by atoms with E-state index in [-0.39, 0.29) is 6.03 Å². The summed E-state index contributed by atoms with van der Waals surface area (Å²) in [6, 6.07) is 13.8. The van der Waals surface area contributed by atoms with Gasteiger partial charge in [0, 0.05) is 37.9 Å². The van der Waals surface area contributed by atoms with Crippen LogP contribution in [0.4, 0.5) is 15.3 Å². The summed E-state index contributed by atoms with van der Waals surface area (Å²) >= 11 is 12.0. The van der Waals surface area contributed by atoms with Crippen LogP contribution in [0.25, 0.3) is 0 Å². The number of carbonyl (C=O) groups excluding carboxylic acids is 2. The van der Waals surface area contributed by atoms with E-state index in [1.165, 1.54) is 0 Å². The van der Waals surface area contributed by atoms with E-state index in [0.717, 1.165) is 36.1 Å². The van der Waals surface area contributed by atoms with Crippen molar-refractivity contribution >= 4 is 41.0 Å². The van der Waals surface area contributed by atoms with Crippen molar-refractivity contribution in [3.8, 4) is 0 Å². The number of hydrogen-bond acceptors (Lipinski definition) is 4. The van der Waals surface area contributed by atoms with Gasteiger partial charge in [-0.15, -0.1) is 0 Å². The standard InChI is InChI=1S/C26H34Cl2N4O3/c1-26(2,3)35-25(34)29-13-10-18-4-7-20(8-5-18)31-21-11-14-32(15-12-21)24(33)30-17-19-6-9-22(27)23(28)16-19/h4-9,16,21,31H,10-15,17H2,1-3H3,(H,29,34)(H,30,33). The molecule has 2 aromatic carbocycles. The average molecular weight is 521 g/mol. The zero-order chi connectivity index (χ0) is 25.4. The second-order valence-electron chi connectivity index (χ2n) is 9.69. The Hall–Kier alpha value is -2.64. The fourth-order valence-electron chi connectivity index (χ4n) is 3.79. The van der Waals surface area contributed by atoms with Gasteiger partial charge in [-0.05, 0) is 75.4 Å². The number of halogens is 2. The largest absolute Gasteiger partial charge is 0.444 e. The summed E-state index contributed by atoms with van der Waals surface area (Å²) in [7, 11) is 0. The van der Waals surface area contributed by atoms with E-state index in [9.17, 15) is 9.59 Å². The van der Waals surface area contributed by atoms with Crippen molar-refractivity contribution in [3.63, 3.8) is 0 Å². The number of amides is 3. The van der Waals surface area contributed by atoms with Crippen molar-refractivity contribution in [1.82, 2.24) is 15.5 Å². The molecule has 7 nitrogen and oxygen atoms in total. The van der Waals surface area contributed by atoms with Crippen molar-refractivity contribution < 1.29 is 14.3 Å². The highest BCUT2D eigenvalue weighted by Crippen LogP contribution is 2.23. The molecule has 0 atom stereocenters. The van der Waals surface area contributed by atoms with Crippen LogP contribution in [0.3, 0.4) is 0 Å². The molecule has 1 aliphatic heterocycles. The first-order chi connectivity index (χ1) is 16.6. The number of ether oxygens (including phenoxy) is 1. The number of benzene rings is 2. The van der Waals surface area contributed by atoms with Gasteiger partial charge in [0.1, 0.15) is 5.60 Å². The lowest BCUT2D eigenvalue weighted by molar-refractivity contribution is 0.0528. The Morgan fingerprint density at radius 1 is 0.971 bits per heavy atom. The van der Waals surface area contributed by atoms with E-state index >= 15 is 0 Å². The molecule has 3 N–H and O–H groups in total. The Bertz CT molecular complexity index is 1000. The smallest absolute Gasteiger partial charge is 0.407 e. The maximum Gasteiger partial charge on any atom is 0.407 e. The van der Waals surface area contributed by atoms with E-state index in [4.69, 9.17) is 27.9 Å². The quantitative estimate of drug-likeness (QED) is 0.427. The number of carbonyl (C=O) groups is 2. The third-order valence-corrected chi connectivity index (χ3v) is 6.36. The highest BCUT2D eigenvalue weighted by atomic mass is 35.5. The second-order valence-corrected chi connectivity index (χ2v) is 10.5. The molecule has 0 aromatic heterocycles. The highest BCUT2D eigenvalue weighted by molar-refractivity contribution is 6.42. The summed E-state index contributed by atoms with van der Waals surface area (Å²) in [5.74, 6) is 0. The van der Waals surface area contributed by atoms with Gasteiger partial charge in [-0.25, -0.2) is 9.59 Å². The molecule has 0 bridgehead atoms. The maximum atomic E-state index is 12.5. The van der Waals surface area contributed by atoms with E-state index in [0.29, 0.717) is 42.3 Å². The Morgan fingerprint density at radius 2 is 1.63 bits per heavy atom. The Labute approximate surface area is 217 Å². The number of likely N-dealkylation sites (tertiary alicyclic amines) is 1. The number of nitrogens with zero attached hydrogens (tertiary/aromatic N) is 1. The lowest BCUT2D eigenvalue weighted by atomic mass is 10.0. The van der Waals surface area contributed by atoms with Gasteiger partial charge in [-0.3, -0.25) is 0 Å². The zero-order valence-electron chi connectivity index (χ0n) is 20.5. The predicted molar refractivity (Wildman–Crippen MR) is 141 cm³/mol. The van der Waals surface area contributed by atoms with Crippen LogP contribution >= 0.6 is 23.2 Å². The highest BCUT2D eigenvalue weighted by Gasteiger charge is 2.22. The van der Waals surface area contributed by atoms with Crippen LogP contribution < -0.4 is 16.0 Å². The molecule has 3 amide bonds. The first-order valence-corrected chi connectivity index (χ1v) is 12.6. The van der Waals surface area contributed by atoms with E-state index < -0.39 is 11.7 Å². The summed E-state index contributed by atoms with van der Waals surface area (Å²) < 4.78 is 5.25. The summed E-state index contributed by atoms with van der Waals surface area (Å²) in [5, 5.41) is 10.3. The molecule has 0 spiro atoms. The van der Waals surface area contributed by atoms with E-state index in [1.807, 2.05) is 31.7 Å². The first-order valence-electron chi connectivity index (χ1n) is 11.9. The molecule has 1 fully saturated rings. The first kappa shape index (κ1) is 27.0. The lowest BCUT2D eigenvalue weighted by Gasteiger charge is -2.33. The summed E-state index contributed by atoms with van der Waals surface area (Å²) in [6.45, 7) is 7.85. The monoisotopic (exact) mass is 520 g/mol. The Balaban J connectivity index is 1.36. The lowest BCUT2D eigenvalue weighted by Crippen LogP contribution is -2.46. The third kappa shape index (κ3) is 9.15. The number of anilines is 1. The molecule has 190 valence electrons. The van der Waals surface area contributed by atoms with Crippen LogP contribution in [0.2, 0.25) is 10.0 Å². The molecular formula is C26H34Cl2N4O3. The van der Waals surface area contributed by atoms with Crippen LogP contribution in [0.5, 0.6) is 0 Å². The fraction of sp³-hybridized carbons (Fsp3) is 0.462. The van der Waals surface area contributed by atoms with Gasteiger partial charge in [0.15, 0.2) is 0 Å². The number of piperidine rings is 1. The minimum Gasteiger partial charge on any atom is -0.444 e. The normalized spacial score (nSPS) is 14.4. The topological polar surface area (TPSA) is 82.7 Å². The molecule has 35 heavy (non-hydrogen) atoms. The van der Waals surface area contributed by atoms with Gasteiger partial charge >= 0.3 is 12.1 Å². The van der Waals surface area contributed by atoms with Crippen LogP contribution in [0.15, 0.2) is 42.5 Å². The molecular weight excluding hydrogens is 487 g/mol. The van der Waals surface area contributed by atoms with Crippen molar-refractivity contribution in [1.29, 1.82) is 0 Å². The minimum absolute atomic E-state index is 0.0705. The van der Waals surface area contributed by atoms with Gasteiger partial charge < -0.3 is 25.6 Å². The number of hydrogen-bond donors (Lipinski definition) is 3. The van der Waals surface area contributed by atoms with E-state index in [2.05, 4.69) is 40.2 Å². The Morgan fingerprint density at radius 3 is 2.26 bits per heavy atom. The molecule has 2 aromatic rings. The number of alkyl carbamates (subject to hydrolysis) is 1. The van der Waals surface area contributed by atoms with Crippen molar-refractivity contribution in [2.24, 2.45) is 0 Å². The van der Waals surface area contributed by atoms with Crippen LogP contribution in [0, 0.1) is 0 Å². The molecule has 0 radical (unpaired) electrons. The summed E-state index contributed by atoms with van der Waals surface area (Å²) in [5.41, 5.74) is 2.61. The number of nitrogens with one attached hydrogen (secondary N) is 3. The number of urea groups is 1. The zero-order valence-corrected chi connectivity index (χ0v) is 22.0. The summed E-state index contributed by atoms with van der Waals surface area (Å²) in [6.07, 6.45) is 2.09. The fourth-order valence-corrected chi connectivity index (χ4v) is 4.11. The molecule has 9 heteroatoms. The maximum absolute atomic E-state index is 12.5. The van der Waals surface area contributed by atoms with Gasteiger partial charge in [-0.2, -0.15) is 0 Å². The van der Waals surface area contributed by atoms with E-state index in [1.54, 1.807) is 12.1 Å². The second kappa shape index (κ2) is 12.4. The van der Waals surface area contributed by atoms with Crippen molar-refractivity contribution in [2.75, 3.05) is 25.0 Å². The van der Waals surface area contributed by atoms with Crippen LogP contribution in [-0.4, -0.2) is 48.3 Å². The molecule has 0 aliphatic carbocycles. The predicted octanol–water partition coefficient (Wildman–Crippen LogP) is 5.85. The van der Waals surface area contributed by atoms with Gasteiger partial charge in [0.05, 0.1) is 10.0 Å².